The molecule has 1 aromatic carbocycles. The van der Waals surface area contributed by atoms with Gasteiger partial charge in [-0.15, -0.1) is 0 Å². The van der Waals surface area contributed by atoms with Crippen molar-refractivity contribution in [1.82, 2.24) is 24.6 Å². The number of imidazole rings is 1. The third-order valence-electron chi connectivity index (χ3n) is 6.16. The number of aliphatic hydroxyl groups is 1. The summed E-state index contributed by atoms with van der Waals surface area (Å²) in [6.45, 7) is 7.69. The molecule has 0 radical (unpaired) electrons. The number of halogens is 1. The van der Waals surface area contributed by atoms with Crippen LogP contribution in [-0.2, 0) is 23.4 Å². The van der Waals surface area contributed by atoms with Crippen LogP contribution >= 0.6 is 7.75 Å². The van der Waals surface area contributed by atoms with E-state index in [9.17, 15) is 14.5 Å². The van der Waals surface area contributed by atoms with E-state index in [0.717, 1.165) is 6.08 Å². The molecule has 2 aromatic heterocycles. The van der Waals surface area contributed by atoms with Crippen molar-refractivity contribution >= 4 is 36.6 Å². The van der Waals surface area contributed by atoms with Crippen LogP contribution in [0.3, 0.4) is 0 Å². The number of nitrogens with one attached hydrogen (secondary N) is 2. The van der Waals surface area contributed by atoms with Gasteiger partial charge in [-0.1, -0.05) is 24.8 Å². The zero-order valence-corrected chi connectivity index (χ0v) is 23.8. The quantitative estimate of drug-likeness (QED) is 0.137. The molecule has 6 atom stereocenters. The Morgan fingerprint density at radius 1 is 1.34 bits per heavy atom. The van der Waals surface area contributed by atoms with E-state index in [1.807, 2.05) is 0 Å². The molecule has 1 saturated heterocycles. The lowest BCUT2D eigenvalue weighted by molar-refractivity contribution is -0.149. The normalized spacial score (nSPS) is 24.6. The average molecular weight is 594 g/mol. The van der Waals surface area contributed by atoms with Crippen molar-refractivity contribution in [3.63, 3.8) is 0 Å². The maximum Gasteiger partial charge on any atom is 0.459 e. The van der Waals surface area contributed by atoms with Crippen LogP contribution in [0.5, 0.6) is 5.75 Å². The van der Waals surface area contributed by atoms with Crippen molar-refractivity contribution in [2.75, 3.05) is 24.7 Å². The minimum absolute atomic E-state index is 0.0970. The summed E-state index contributed by atoms with van der Waals surface area (Å²) in [4.78, 5) is 24.8. The summed E-state index contributed by atoms with van der Waals surface area (Å²) in [6.07, 6.45) is -2.93. The fraction of sp³-hybridized carbons (Fsp3) is 0.440. The molecule has 0 spiro atoms. The van der Waals surface area contributed by atoms with E-state index in [-0.39, 0.29) is 22.9 Å². The number of nitrogens with zero attached hydrogens (tertiary/aromatic N) is 4. The third-order valence-corrected chi connectivity index (χ3v) is 7.81. The average Bonchev–Trinajstić information content (AvgIpc) is 3.45. The molecule has 3 aromatic rings. The van der Waals surface area contributed by atoms with E-state index in [4.69, 9.17) is 24.3 Å². The van der Waals surface area contributed by atoms with Gasteiger partial charge in [-0.3, -0.25) is 13.9 Å². The molecule has 0 amide bonds. The highest BCUT2D eigenvalue weighted by atomic mass is 31.2. The topological polar surface area (TPSA) is 185 Å². The van der Waals surface area contributed by atoms with Crippen LogP contribution in [-0.4, -0.2) is 74.3 Å². The number of fused-ring (bicyclic) bond motifs is 1. The molecule has 3 heterocycles. The summed E-state index contributed by atoms with van der Waals surface area (Å²) in [6, 6.07) is 6.99. The van der Waals surface area contributed by atoms with E-state index in [1.165, 1.54) is 30.0 Å². The molecule has 1 fully saturated rings. The minimum Gasteiger partial charge on any atom is -0.462 e. The number of hydrogen-bond donors (Lipinski definition) is 4. The van der Waals surface area contributed by atoms with Gasteiger partial charge in [0.25, 0.3) is 0 Å². The second-order valence-electron chi connectivity index (χ2n) is 9.54. The molecule has 1 aliphatic heterocycles. The SMILES string of the molecule is C=C[C@@]1(F)[C@H](O)[C@@H](CO[P@@](=O)(N[C@H](C)C(=O)OC(C)C)Oc2ccccc2)O[C@H]1n1cnc2c(NC)nc(N)nc21. The van der Waals surface area contributed by atoms with E-state index < -0.39 is 56.6 Å². The number of para-hydroxylation sites is 1. The zero-order chi connectivity index (χ0) is 29.9. The lowest BCUT2D eigenvalue weighted by Crippen LogP contribution is -2.42. The lowest BCUT2D eigenvalue weighted by atomic mass is 9.96. The number of aromatic nitrogens is 4. The second kappa shape index (κ2) is 12.1. The number of nitrogens with two attached hydrogens (primary N) is 1. The van der Waals surface area contributed by atoms with Crippen LogP contribution in [0.4, 0.5) is 16.2 Å². The number of carbonyl (C=O) groups is 1. The maximum atomic E-state index is 16.3. The fourth-order valence-corrected chi connectivity index (χ4v) is 5.69. The van der Waals surface area contributed by atoms with Gasteiger partial charge >= 0.3 is 13.7 Å². The Balaban J connectivity index is 1.59. The Hall–Kier alpha value is -3.62. The smallest absolute Gasteiger partial charge is 0.459 e. The summed E-state index contributed by atoms with van der Waals surface area (Å²) in [5.41, 5.74) is 3.70. The minimum atomic E-state index is -4.31. The molecule has 222 valence electrons. The predicted molar refractivity (Wildman–Crippen MR) is 148 cm³/mol. The molecule has 0 bridgehead atoms. The monoisotopic (exact) mass is 593 g/mol. The van der Waals surface area contributed by atoms with Gasteiger partial charge in [-0.25, -0.2) is 13.9 Å². The number of carbonyl (C=O) groups excluding carboxylic acids is 1. The van der Waals surface area contributed by atoms with Crippen molar-refractivity contribution in [3.8, 4) is 5.75 Å². The molecule has 0 saturated carbocycles. The first kappa shape index (κ1) is 30.3. The van der Waals surface area contributed by atoms with Gasteiger partial charge in [0.2, 0.25) is 11.6 Å². The standard InChI is InChI=1S/C25H33FN7O7P/c1-6-25(26)19(34)17(39-23(25)33-13-29-18-20(28-5)30-24(27)31-21(18)33)12-37-41(36,40-16-10-8-7-9-11-16)32-15(4)22(35)38-14(2)3/h6-11,13-15,17,19,23,34H,1,12H2,2-5H3,(H,32,36)(H3,27,28,30,31)/t15-,17-,19-,23-,25-,41+/m1/s1. The molecule has 0 unspecified atom stereocenters. The number of nitrogen functional groups attached to an aromatic ring is 1. The van der Waals surface area contributed by atoms with Crippen LogP contribution in [0.15, 0.2) is 49.3 Å². The Bertz CT molecular complexity index is 1440. The Kier molecular flexibility index (Phi) is 8.94. The number of esters is 1. The number of hydrogen-bond acceptors (Lipinski definition) is 12. The Labute approximate surface area is 235 Å². The summed E-state index contributed by atoms with van der Waals surface area (Å²) >= 11 is 0. The Morgan fingerprint density at radius 3 is 2.68 bits per heavy atom. The predicted octanol–water partition coefficient (Wildman–Crippen LogP) is 2.74. The van der Waals surface area contributed by atoms with E-state index in [1.54, 1.807) is 39.1 Å². The van der Waals surface area contributed by atoms with Gasteiger partial charge in [0.15, 0.2) is 23.2 Å². The number of anilines is 2. The van der Waals surface area contributed by atoms with Crippen LogP contribution in [0.2, 0.25) is 0 Å². The third kappa shape index (κ3) is 6.34. The molecule has 1 aliphatic rings. The molecule has 4 rings (SSSR count). The van der Waals surface area contributed by atoms with Gasteiger partial charge in [-0.2, -0.15) is 15.1 Å². The lowest BCUT2D eigenvalue weighted by Gasteiger charge is -2.26. The van der Waals surface area contributed by atoms with Gasteiger partial charge in [-0.05, 0) is 39.0 Å². The highest BCUT2D eigenvalue weighted by Gasteiger charge is 2.57. The first-order valence-electron chi connectivity index (χ1n) is 12.7. The molecule has 16 heteroatoms. The number of alkyl halides is 1. The van der Waals surface area contributed by atoms with E-state index in [0.29, 0.717) is 5.82 Å². The van der Waals surface area contributed by atoms with Crippen LogP contribution in [0.25, 0.3) is 11.2 Å². The highest BCUT2D eigenvalue weighted by Crippen LogP contribution is 2.48. The highest BCUT2D eigenvalue weighted by molar-refractivity contribution is 7.52. The van der Waals surface area contributed by atoms with Gasteiger partial charge < -0.3 is 30.2 Å². The van der Waals surface area contributed by atoms with Crippen molar-refractivity contribution in [1.29, 1.82) is 0 Å². The summed E-state index contributed by atoms with van der Waals surface area (Å²) in [5, 5.41) is 16.4. The first-order chi connectivity index (χ1) is 19.4. The summed E-state index contributed by atoms with van der Waals surface area (Å²) in [7, 11) is -2.70. The summed E-state index contributed by atoms with van der Waals surface area (Å²) < 4.78 is 53.6. The first-order valence-corrected chi connectivity index (χ1v) is 14.3. The fourth-order valence-electron chi connectivity index (χ4n) is 4.19. The van der Waals surface area contributed by atoms with Crippen molar-refractivity contribution in [2.45, 2.75) is 57.0 Å². The van der Waals surface area contributed by atoms with Gasteiger partial charge in [0.1, 0.15) is 24.0 Å². The Morgan fingerprint density at radius 2 is 2.05 bits per heavy atom. The largest absolute Gasteiger partial charge is 0.462 e. The van der Waals surface area contributed by atoms with Gasteiger partial charge in [0.05, 0.1) is 19.0 Å². The van der Waals surface area contributed by atoms with Crippen LogP contribution in [0.1, 0.15) is 27.0 Å². The molecule has 5 N–H and O–H groups in total. The van der Waals surface area contributed by atoms with Gasteiger partial charge in [0, 0.05) is 7.05 Å². The van der Waals surface area contributed by atoms with Crippen LogP contribution in [0, 0.1) is 0 Å². The number of ether oxygens (including phenoxy) is 2. The molecule has 0 aliphatic carbocycles. The van der Waals surface area contributed by atoms with Crippen molar-refractivity contribution in [3.05, 3.63) is 49.3 Å². The van der Waals surface area contributed by atoms with E-state index in [2.05, 4.69) is 31.9 Å². The molecular weight excluding hydrogens is 560 g/mol. The molecule has 14 nitrogen and oxygen atoms in total. The second-order valence-corrected chi connectivity index (χ2v) is 11.2. The number of aliphatic hydroxyl groups excluding tert-OH is 1. The van der Waals surface area contributed by atoms with E-state index >= 15 is 4.39 Å². The van der Waals surface area contributed by atoms with Crippen LogP contribution < -0.4 is 20.7 Å². The molecule has 41 heavy (non-hydrogen) atoms. The number of rotatable bonds is 12. The van der Waals surface area contributed by atoms with Crippen molar-refractivity contribution in [2.24, 2.45) is 0 Å². The maximum absolute atomic E-state index is 16.3. The number of benzene rings is 1. The summed E-state index contributed by atoms with van der Waals surface area (Å²) in [5.74, 6) is -0.309. The zero-order valence-electron chi connectivity index (χ0n) is 22.9. The molecular formula is C25H33FN7O7P. The van der Waals surface area contributed by atoms with Crippen molar-refractivity contribution < 1.29 is 37.4 Å².